The van der Waals surface area contributed by atoms with Gasteiger partial charge in [-0.15, -0.1) is 0 Å². The van der Waals surface area contributed by atoms with E-state index in [1.165, 1.54) is 97.8 Å². The zero-order valence-corrected chi connectivity index (χ0v) is 28.8. The van der Waals surface area contributed by atoms with E-state index in [4.69, 9.17) is 0 Å². The predicted octanol–water partition coefficient (Wildman–Crippen LogP) is 2.21. The summed E-state index contributed by atoms with van der Waals surface area (Å²) < 4.78 is 0. The van der Waals surface area contributed by atoms with Crippen LogP contribution in [0.25, 0.3) is 0 Å². The van der Waals surface area contributed by atoms with Gasteiger partial charge in [-0.05, 0) is 89.0 Å². The average molecular weight is 577 g/mol. The normalized spacial score (nSPS) is 33.7. The Hall–Kier alpha value is -0.320. The fourth-order valence-corrected chi connectivity index (χ4v) is 8.01. The van der Waals surface area contributed by atoms with Crippen LogP contribution >= 0.6 is 0 Å². The minimum absolute atomic E-state index is 0.616. The fraction of sp³-hybridized carbons (Fsp3) is 1.00. The van der Waals surface area contributed by atoms with Gasteiger partial charge in [0.15, 0.2) is 0 Å². The van der Waals surface area contributed by atoms with Gasteiger partial charge in [-0.25, -0.2) is 0 Å². The summed E-state index contributed by atoms with van der Waals surface area (Å²) in [5, 5.41) is 0. The first-order valence-electron chi connectivity index (χ1n) is 17.2. The molecule has 4 rings (SSSR count). The van der Waals surface area contributed by atoms with Crippen molar-refractivity contribution in [3.8, 4) is 0 Å². The van der Waals surface area contributed by atoms with Crippen molar-refractivity contribution in [2.75, 3.05) is 107 Å². The van der Waals surface area contributed by atoms with Crippen molar-refractivity contribution in [3.63, 3.8) is 0 Å². The summed E-state index contributed by atoms with van der Waals surface area (Å²) in [6.07, 6.45) is 3.90. The molecule has 0 N–H and O–H groups in total. The lowest BCUT2D eigenvalue weighted by atomic mass is 9.93. The molecule has 8 heteroatoms. The second-order valence-electron chi connectivity index (χ2n) is 15.0. The van der Waals surface area contributed by atoms with Crippen molar-refractivity contribution >= 4 is 0 Å². The van der Waals surface area contributed by atoms with Gasteiger partial charge in [0.2, 0.25) is 0 Å². The van der Waals surface area contributed by atoms with Crippen LogP contribution in [0.5, 0.6) is 0 Å². The third kappa shape index (κ3) is 8.65. The first-order valence-corrected chi connectivity index (χ1v) is 17.2. The third-order valence-corrected chi connectivity index (χ3v) is 11.9. The Bertz CT molecular complexity index is 770. The van der Waals surface area contributed by atoms with Crippen molar-refractivity contribution < 1.29 is 0 Å². The van der Waals surface area contributed by atoms with Crippen molar-refractivity contribution in [2.45, 2.75) is 109 Å². The summed E-state index contributed by atoms with van der Waals surface area (Å²) >= 11 is 0. The number of rotatable bonds is 10. The smallest absolute Gasteiger partial charge is 0.0239 e. The van der Waals surface area contributed by atoms with Crippen molar-refractivity contribution in [3.05, 3.63) is 0 Å². The molecule has 4 fully saturated rings. The topological polar surface area (TPSA) is 25.9 Å². The Morgan fingerprint density at radius 2 is 0.927 bits per heavy atom. The highest BCUT2D eigenvalue weighted by molar-refractivity contribution is 4.95. The number of likely N-dealkylation sites (N-methyl/N-ethyl adjacent to an activating group) is 4. The van der Waals surface area contributed by atoms with Crippen molar-refractivity contribution in [1.82, 2.24) is 39.2 Å². The van der Waals surface area contributed by atoms with Gasteiger partial charge < -0.3 is 14.7 Å². The first kappa shape index (κ1) is 33.6. The van der Waals surface area contributed by atoms with Gasteiger partial charge in [-0.2, -0.15) is 0 Å². The zero-order valence-electron chi connectivity index (χ0n) is 28.8. The van der Waals surface area contributed by atoms with Crippen LogP contribution in [-0.2, 0) is 0 Å². The van der Waals surface area contributed by atoms with Crippen LogP contribution < -0.4 is 0 Å². The summed E-state index contributed by atoms with van der Waals surface area (Å²) in [5.41, 5.74) is 0. The van der Waals surface area contributed by atoms with Gasteiger partial charge in [-0.1, -0.05) is 0 Å². The molecular weight excluding hydrogens is 508 g/mol. The van der Waals surface area contributed by atoms with E-state index in [-0.39, 0.29) is 0 Å². The molecule has 41 heavy (non-hydrogen) atoms. The lowest BCUT2D eigenvalue weighted by Gasteiger charge is -2.50. The van der Waals surface area contributed by atoms with Crippen LogP contribution in [0.1, 0.15) is 60.8 Å². The van der Waals surface area contributed by atoms with Crippen LogP contribution in [0.15, 0.2) is 0 Å². The molecule has 6 atom stereocenters. The molecule has 0 radical (unpaired) electrons. The van der Waals surface area contributed by atoms with Gasteiger partial charge >= 0.3 is 0 Å². The van der Waals surface area contributed by atoms with Crippen LogP contribution in [0.4, 0.5) is 0 Å². The van der Waals surface area contributed by atoms with E-state index in [1.54, 1.807) is 0 Å². The molecule has 0 aromatic carbocycles. The minimum atomic E-state index is 0.616. The molecule has 0 bridgehead atoms. The highest BCUT2D eigenvalue weighted by Crippen LogP contribution is 2.27. The van der Waals surface area contributed by atoms with Crippen molar-refractivity contribution in [2.24, 2.45) is 0 Å². The second kappa shape index (κ2) is 15.1. The Morgan fingerprint density at radius 1 is 0.463 bits per heavy atom. The van der Waals surface area contributed by atoms with Crippen LogP contribution in [0.3, 0.4) is 0 Å². The number of piperazine rings is 4. The van der Waals surface area contributed by atoms with Crippen LogP contribution in [0.2, 0.25) is 0 Å². The lowest BCUT2D eigenvalue weighted by molar-refractivity contribution is -0.0124. The summed E-state index contributed by atoms with van der Waals surface area (Å²) in [4.78, 5) is 21.6. The summed E-state index contributed by atoms with van der Waals surface area (Å²) in [6, 6.07) is 5.12. The van der Waals surface area contributed by atoms with E-state index in [0.717, 1.165) is 0 Å². The van der Waals surface area contributed by atoms with E-state index < -0.39 is 0 Å². The Morgan fingerprint density at radius 3 is 1.56 bits per heavy atom. The van der Waals surface area contributed by atoms with Crippen LogP contribution in [-0.4, -0.2) is 194 Å². The summed E-state index contributed by atoms with van der Waals surface area (Å²) in [6.45, 7) is 29.1. The van der Waals surface area contributed by atoms with E-state index in [1.807, 2.05) is 0 Å². The Labute approximate surface area is 254 Å². The Balaban J connectivity index is 1.34. The lowest BCUT2D eigenvalue weighted by Crippen LogP contribution is -2.62. The molecule has 4 aliphatic rings. The second-order valence-corrected chi connectivity index (χ2v) is 15.0. The van der Waals surface area contributed by atoms with Gasteiger partial charge in [0, 0.05) is 127 Å². The molecule has 240 valence electrons. The minimum Gasteiger partial charge on any atom is -0.304 e. The molecule has 0 aromatic rings. The van der Waals surface area contributed by atoms with Gasteiger partial charge in [0.1, 0.15) is 0 Å². The monoisotopic (exact) mass is 577 g/mol. The highest BCUT2D eigenvalue weighted by atomic mass is 15.3. The van der Waals surface area contributed by atoms with Crippen molar-refractivity contribution in [1.29, 1.82) is 0 Å². The molecule has 0 spiro atoms. The highest BCUT2D eigenvalue weighted by Gasteiger charge is 2.38. The van der Waals surface area contributed by atoms with E-state index >= 15 is 0 Å². The summed E-state index contributed by atoms with van der Waals surface area (Å²) in [7, 11) is 9.45. The maximum absolute atomic E-state index is 2.82. The van der Waals surface area contributed by atoms with E-state index in [2.05, 4.69) is 109 Å². The van der Waals surface area contributed by atoms with Crippen LogP contribution in [0, 0.1) is 0 Å². The van der Waals surface area contributed by atoms with Gasteiger partial charge in [0.25, 0.3) is 0 Å². The van der Waals surface area contributed by atoms with Gasteiger partial charge in [-0.3, -0.25) is 24.5 Å². The zero-order chi connectivity index (χ0) is 29.8. The number of hydrogen-bond donors (Lipinski definition) is 0. The maximum Gasteiger partial charge on any atom is 0.0239 e. The molecule has 4 aliphatic heterocycles. The predicted molar refractivity (Wildman–Crippen MR) is 175 cm³/mol. The molecule has 4 saturated heterocycles. The molecule has 0 amide bonds. The molecule has 8 nitrogen and oxygen atoms in total. The largest absolute Gasteiger partial charge is 0.304 e. The molecule has 0 aromatic heterocycles. The first-order chi connectivity index (χ1) is 19.4. The fourth-order valence-electron chi connectivity index (χ4n) is 8.01. The van der Waals surface area contributed by atoms with E-state index in [9.17, 15) is 0 Å². The molecule has 0 aliphatic carbocycles. The number of nitrogens with zero attached hydrogens (tertiary/aromatic N) is 8. The molecule has 4 heterocycles. The molecular formula is C33H68N8. The van der Waals surface area contributed by atoms with Gasteiger partial charge in [0.05, 0.1) is 0 Å². The maximum atomic E-state index is 2.82. The van der Waals surface area contributed by atoms with E-state index in [0.29, 0.717) is 48.3 Å². The third-order valence-electron chi connectivity index (χ3n) is 11.9. The standard InChI is InChI=1S/C33H68N8/c1-26(2)39-19-15-36(9)32(24-39)21-33-25-41(27(3)4)23-31(37(33)10)12-11-30-22-40(20-16-35(30)8)29(6)28(5)38-17-13-34(7)14-18-38/h26-33H,11-25H2,1-10H3/t28-,29+,30?,31+,32-,33?/m1/s1. The number of hydrogen-bond acceptors (Lipinski definition) is 8. The average Bonchev–Trinajstić information content (AvgIpc) is 2.94. The molecule has 0 saturated carbocycles. The Kier molecular flexibility index (Phi) is 12.4. The quantitative estimate of drug-likeness (QED) is 0.391. The SMILES string of the molecule is CC(C)N1CCN(C)[C@H](CC2CN(C(C)C)C[C@H](CCC3CN([C@@H](C)[C@@H](C)N4CCN(C)CC4)CCN3C)N2C)C1. The summed E-state index contributed by atoms with van der Waals surface area (Å²) in [5.74, 6) is 0. The molecule has 2 unspecified atom stereocenters.